The van der Waals surface area contributed by atoms with Gasteiger partial charge < -0.3 is 77.7 Å². The van der Waals surface area contributed by atoms with Gasteiger partial charge >= 0.3 is 12.1 Å². The van der Waals surface area contributed by atoms with E-state index >= 15 is 0 Å². The zero-order valence-corrected chi connectivity index (χ0v) is 32.2. The number of rotatable bonds is 23. The van der Waals surface area contributed by atoms with Crippen LogP contribution in [-0.2, 0) is 33.4 Å². The van der Waals surface area contributed by atoms with Crippen molar-refractivity contribution in [1.82, 2.24) is 16.0 Å². The lowest BCUT2D eigenvalue weighted by Gasteiger charge is -2.25. The van der Waals surface area contributed by atoms with Gasteiger partial charge in [0.05, 0.1) is 19.6 Å². The number of amides is 3. The number of ether oxygens (including phenoxy) is 2. The summed E-state index contributed by atoms with van der Waals surface area (Å²) in [4.78, 5) is 70.0. The van der Waals surface area contributed by atoms with Crippen molar-refractivity contribution in [3.63, 3.8) is 0 Å². The van der Waals surface area contributed by atoms with Crippen molar-refractivity contribution in [2.45, 2.75) is 140 Å². The van der Waals surface area contributed by atoms with Crippen LogP contribution in [0.25, 0.3) is 0 Å². The first-order chi connectivity index (χ1) is 24.8. The molecule has 0 heterocycles. The molecule has 0 aromatic heterocycles. The molecule has 0 radical (unpaired) electrons. The van der Waals surface area contributed by atoms with Crippen LogP contribution >= 0.6 is 0 Å². The van der Waals surface area contributed by atoms with Crippen molar-refractivity contribution in [2.75, 3.05) is 32.7 Å². The van der Waals surface area contributed by atoms with E-state index in [9.17, 15) is 69.6 Å². The minimum absolute atomic E-state index is 0.00174. The minimum atomic E-state index is -2.13. The molecule has 316 valence electrons. The topological polar surface area (TPSA) is 374 Å². The third-order valence-electron chi connectivity index (χ3n) is 6.89. The number of Topliss-reactive ketones (excluding diaryl/α,β-unsaturated/α-hetero) is 2. The second-order valence-electron chi connectivity index (χ2n) is 14.3. The van der Waals surface area contributed by atoms with Crippen molar-refractivity contribution >= 4 is 35.4 Å². The molecule has 0 fully saturated rings. The number of aliphatic hydroxyl groups is 8. The quantitative estimate of drug-likeness (QED) is 0.0338. The highest BCUT2D eigenvalue weighted by atomic mass is 16.6. The second-order valence-corrected chi connectivity index (χ2v) is 14.3. The number of ketones is 2. The molecular weight excluding hydrogens is 722 g/mol. The van der Waals surface area contributed by atoms with Gasteiger partial charge in [-0.15, -0.1) is 0 Å². The average Bonchev–Trinajstić information content (AvgIpc) is 3.08. The van der Waals surface area contributed by atoms with Gasteiger partial charge in [-0.2, -0.15) is 0 Å². The minimum Gasteiger partial charge on any atom is -0.460 e. The van der Waals surface area contributed by atoms with Gasteiger partial charge in [-0.05, 0) is 54.4 Å². The lowest BCUT2D eigenvalue weighted by atomic mass is 9.97. The Labute approximate surface area is 314 Å². The number of hydrogen-bond acceptors (Lipinski definition) is 16. The van der Waals surface area contributed by atoms with Gasteiger partial charge in [-0.3, -0.25) is 24.0 Å². The first-order valence-electron chi connectivity index (χ1n) is 17.6. The smallest absolute Gasteiger partial charge is 0.407 e. The Hall–Kier alpha value is -3.38. The van der Waals surface area contributed by atoms with Crippen LogP contribution in [-0.4, -0.2) is 169 Å². The monoisotopic (exact) mass is 787 g/mol. The van der Waals surface area contributed by atoms with Crippen molar-refractivity contribution in [1.29, 1.82) is 0 Å². The number of alkyl carbamates (subject to hydrolysis) is 1. The zero-order valence-electron chi connectivity index (χ0n) is 32.2. The summed E-state index contributed by atoms with van der Waals surface area (Å²) in [6.45, 7) is 11.4. The van der Waals surface area contributed by atoms with E-state index in [-0.39, 0.29) is 51.7 Å². The summed E-state index contributed by atoms with van der Waals surface area (Å²) in [5.41, 5.74) is 5.70. The summed E-state index contributed by atoms with van der Waals surface area (Å²) in [5.74, 6) is -3.93. The fourth-order valence-corrected chi connectivity index (χ4v) is 4.06. The van der Waals surface area contributed by atoms with Crippen LogP contribution < -0.4 is 27.4 Å². The summed E-state index contributed by atoms with van der Waals surface area (Å²) < 4.78 is 10.1. The third kappa shape index (κ3) is 23.4. The van der Waals surface area contributed by atoms with Crippen molar-refractivity contribution < 1.29 is 90.6 Å². The number of quaternary nitrogens is 2. The van der Waals surface area contributed by atoms with Crippen LogP contribution in [0.15, 0.2) is 0 Å². The molecule has 3 amide bonds. The predicted molar refractivity (Wildman–Crippen MR) is 187 cm³/mol. The molecule has 8 atom stereocenters. The molecule has 0 saturated carbocycles. The van der Waals surface area contributed by atoms with Gasteiger partial charge in [0, 0.05) is 38.8 Å². The molecule has 21 nitrogen and oxygen atoms in total. The van der Waals surface area contributed by atoms with E-state index in [1.165, 1.54) is 0 Å². The molecule has 0 aliphatic heterocycles. The second kappa shape index (κ2) is 26.4. The summed E-state index contributed by atoms with van der Waals surface area (Å²) in [6, 6.07) is 0. The van der Waals surface area contributed by atoms with Crippen LogP contribution in [0.2, 0.25) is 0 Å². The van der Waals surface area contributed by atoms with E-state index in [1.54, 1.807) is 41.5 Å². The molecule has 54 heavy (non-hydrogen) atoms. The van der Waals surface area contributed by atoms with Crippen molar-refractivity contribution in [2.24, 2.45) is 0 Å². The number of nitrogens with one attached hydrogen (secondary N) is 3. The third-order valence-corrected chi connectivity index (χ3v) is 6.89. The van der Waals surface area contributed by atoms with Crippen LogP contribution in [0, 0.1) is 0 Å². The summed E-state index contributed by atoms with van der Waals surface area (Å²) >= 11 is 0. The molecule has 0 saturated heterocycles. The maximum absolute atomic E-state index is 12.0. The van der Waals surface area contributed by atoms with E-state index in [0.717, 1.165) is 0 Å². The maximum Gasteiger partial charge on any atom is 0.407 e. The van der Waals surface area contributed by atoms with E-state index in [4.69, 9.17) is 9.47 Å². The molecular formula is C33H65N5O16+2. The standard InChI is InChI=1S/C22H40N2O10.C11H23N3O6/c1-21(2,3)33-14(26)10-8-11-23-19(31)18(30)17(29)16(28)15(27)13(25)9-7-12-24-20(32)34-22(4,5)6;12-3-1-2-6(15)7(16)8(17)9(18)10(19)11(20)14-5-4-13/h15-18,27-30H,7-12H2,1-6H3,(H,23,31)(H,24,32);7-10,16-19H,1-5,12-13H2,(H,14,20)/p+2/t15-,16+,17+,18-;7-,8+,9+,10-/m00/s1. The number of carbonyl (C=O) groups excluding carboxylic acids is 6. The SMILES string of the molecule is CC(C)(C)OC(=O)CCCNC(=O)[C@@H](O)[C@H](O)[C@H](O)[C@@H](O)C(=O)CCCNC(=O)OC(C)(C)C.[NH3+]CCCC(=O)[C@H](O)[C@@H](O)[C@@H](O)[C@H](O)C(=O)NCC[NH3+]. The number of hydrogen-bond donors (Lipinski definition) is 13. The molecule has 0 aromatic carbocycles. The fourth-order valence-electron chi connectivity index (χ4n) is 4.06. The van der Waals surface area contributed by atoms with E-state index in [1.807, 2.05) is 0 Å². The highest BCUT2D eigenvalue weighted by Crippen LogP contribution is 2.12. The number of esters is 1. The first kappa shape index (κ1) is 52.7. The molecule has 0 aliphatic rings. The molecule has 0 spiro atoms. The van der Waals surface area contributed by atoms with Crippen LogP contribution in [0.1, 0.15) is 80.1 Å². The van der Waals surface area contributed by atoms with Crippen LogP contribution in [0.5, 0.6) is 0 Å². The van der Waals surface area contributed by atoms with Gasteiger partial charge in [0.25, 0.3) is 11.8 Å². The Morgan fingerprint density at radius 3 is 1.28 bits per heavy atom. The normalized spacial score (nSPS) is 16.1. The molecule has 17 N–H and O–H groups in total. The number of aliphatic hydroxyl groups excluding tert-OH is 8. The van der Waals surface area contributed by atoms with Crippen molar-refractivity contribution in [3.8, 4) is 0 Å². The zero-order chi connectivity index (χ0) is 42.4. The van der Waals surface area contributed by atoms with Gasteiger partial charge in [-0.1, -0.05) is 0 Å². The Kier molecular flexibility index (Phi) is 25.8. The first-order valence-corrected chi connectivity index (χ1v) is 17.6. The van der Waals surface area contributed by atoms with E-state index in [0.29, 0.717) is 19.5 Å². The van der Waals surface area contributed by atoms with E-state index < -0.39 is 95.5 Å². The summed E-state index contributed by atoms with van der Waals surface area (Å²) in [7, 11) is 0. The van der Waals surface area contributed by atoms with Gasteiger partial charge in [0.1, 0.15) is 47.8 Å². The molecule has 0 unspecified atom stereocenters. The molecule has 21 heteroatoms. The van der Waals surface area contributed by atoms with Gasteiger partial charge in [-0.25, -0.2) is 4.79 Å². The van der Waals surface area contributed by atoms with Gasteiger partial charge in [0.2, 0.25) is 0 Å². The summed E-state index contributed by atoms with van der Waals surface area (Å²) in [6.07, 6.45) is -16.2. The Morgan fingerprint density at radius 1 is 0.500 bits per heavy atom. The highest BCUT2D eigenvalue weighted by molar-refractivity contribution is 5.85. The average molecular weight is 788 g/mol. The van der Waals surface area contributed by atoms with Crippen LogP contribution in [0.3, 0.4) is 0 Å². The fraction of sp³-hybridized carbons (Fsp3) is 0.818. The Balaban J connectivity index is 0. The molecule has 0 bridgehead atoms. The molecule has 0 rings (SSSR count). The molecule has 0 aromatic rings. The Morgan fingerprint density at radius 2 is 0.870 bits per heavy atom. The number of carbonyl (C=O) groups is 6. The van der Waals surface area contributed by atoms with E-state index in [2.05, 4.69) is 27.4 Å². The maximum atomic E-state index is 12.0. The highest BCUT2D eigenvalue weighted by Gasteiger charge is 2.38. The lowest BCUT2D eigenvalue weighted by molar-refractivity contribution is -0.368. The molecule has 0 aliphatic carbocycles. The summed E-state index contributed by atoms with van der Waals surface area (Å²) in [5, 5.41) is 85.1. The lowest BCUT2D eigenvalue weighted by Crippen LogP contribution is -2.57. The largest absolute Gasteiger partial charge is 0.460 e. The van der Waals surface area contributed by atoms with Gasteiger partial charge in [0.15, 0.2) is 23.8 Å². The predicted octanol–water partition coefficient (Wildman–Crippen LogP) is -6.08. The Bertz CT molecular complexity index is 1070. The van der Waals surface area contributed by atoms with Crippen molar-refractivity contribution in [3.05, 3.63) is 0 Å². The van der Waals surface area contributed by atoms with Crippen LogP contribution in [0.4, 0.5) is 4.79 Å².